The molecule has 0 saturated heterocycles. The molecule has 13 rings (SSSR count). The number of hydrogen-bond acceptors (Lipinski definition) is 2. The summed E-state index contributed by atoms with van der Waals surface area (Å²) in [4.78, 5) is 2.41. The molecule has 11 aromatic carbocycles. The maximum Gasteiger partial charge on any atom is 0.143 e. The van der Waals surface area contributed by atoms with E-state index in [0.29, 0.717) is 0 Å². The molecule has 67 heavy (non-hydrogen) atoms. The summed E-state index contributed by atoms with van der Waals surface area (Å²) in [6, 6.07) is 91.9. The number of aromatic nitrogens is 1. The molecule has 0 aliphatic heterocycles. The molecule has 2 heterocycles. The Hall–Kier alpha value is -8.92. The van der Waals surface area contributed by atoms with Gasteiger partial charge in [-0.3, -0.25) is 0 Å². The van der Waals surface area contributed by atoms with Crippen molar-refractivity contribution in [1.82, 2.24) is 4.57 Å². The van der Waals surface area contributed by atoms with Gasteiger partial charge in [-0.2, -0.15) is 0 Å². The molecule has 0 aliphatic rings. The van der Waals surface area contributed by atoms with Crippen LogP contribution < -0.4 is 4.90 Å². The van der Waals surface area contributed by atoms with E-state index in [1.54, 1.807) is 0 Å². The van der Waals surface area contributed by atoms with Crippen molar-refractivity contribution < 1.29 is 4.42 Å². The normalized spacial score (nSPS) is 11.6. The fraction of sp³-hybridized carbons (Fsp3) is 0. The Morgan fingerprint density at radius 2 is 0.881 bits per heavy atom. The maximum absolute atomic E-state index is 6.50. The van der Waals surface area contributed by atoms with E-state index in [1.165, 1.54) is 54.8 Å². The van der Waals surface area contributed by atoms with Crippen molar-refractivity contribution in [3.63, 3.8) is 0 Å². The monoisotopic (exact) mass is 854 g/mol. The topological polar surface area (TPSA) is 21.3 Å². The molecule has 0 atom stereocenters. The Morgan fingerprint density at radius 3 is 1.67 bits per heavy atom. The SMILES string of the molecule is c1ccc(-c2cccc3cccc(-c4ccccc4N(c4ccc(-c5ccc6c(c5)c5ccccc5n6-c5ccccc5)cc4)c4ccc(-c5cccc6c5oc5ccccc56)cc4)c23)cc1. The zero-order valence-corrected chi connectivity index (χ0v) is 36.6. The average Bonchev–Trinajstić information content (AvgIpc) is 3.95. The molecule has 0 saturated carbocycles. The molecule has 3 heteroatoms. The van der Waals surface area contributed by atoms with Crippen LogP contribution in [0.5, 0.6) is 0 Å². The van der Waals surface area contributed by atoms with Crippen LogP contribution in [0.25, 0.3) is 105 Å². The lowest BCUT2D eigenvalue weighted by Gasteiger charge is -2.29. The number of nitrogens with zero attached hydrogens (tertiary/aromatic N) is 2. The second kappa shape index (κ2) is 16.0. The van der Waals surface area contributed by atoms with Crippen LogP contribution in [0.1, 0.15) is 0 Å². The largest absolute Gasteiger partial charge is 0.455 e. The van der Waals surface area contributed by atoms with E-state index in [0.717, 1.165) is 66.9 Å². The van der Waals surface area contributed by atoms with Gasteiger partial charge in [0, 0.05) is 49.7 Å². The smallest absolute Gasteiger partial charge is 0.143 e. The molecular formula is C64H42N2O. The van der Waals surface area contributed by atoms with Crippen molar-refractivity contribution in [2.24, 2.45) is 0 Å². The summed E-state index contributed by atoms with van der Waals surface area (Å²) in [5.41, 5.74) is 17.8. The molecule has 0 fully saturated rings. The number of fused-ring (bicyclic) bond motifs is 7. The van der Waals surface area contributed by atoms with Crippen molar-refractivity contribution >= 4 is 71.6 Å². The number of benzene rings is 11. The van der Waals surface area contributed by atoms with Gasteiger partial charge in [0.1, 0.15) is 11.2 Å². The molecule has 0 unspecified atom stereocenters. The first-order valence-corrected chi connectivity index (χ1v) is 22.9. The van der Waals surface area contributed by atoms with Crippen LogP contribution in [0.2, 0.25) is 0 Å². The lowest BCUT2D eigenvalue weighted by Crippen LogP contribution is -2.11. The fourth-order valence-corrected chi connectivity index (χ4v) is 10.3. The number of furan rings is 1. The summed E-state index contributed by atoms with van der Waals surface area (Å²) >= 11 is 0. The molecular weight excluding hydrogens is 813 g/mol. The van der Waals surface area contributed by atoms with Gasteiger partial charge in [0.15, 0.2) is 0 Å². The highest BCUT2D eigenvalue weighted by molar-refractivity contribution is 6.12. The number of anilines is 3. The van der Waals surface area contributed by atoms with Crippen LogP contribution in [0, 0.1) is 0 Å². The predicted octanol–water partition coefficient (Wildman–Crippen LogP) is 18.0. The highest BCUT2D eigenvalue weighted by Gasteiger charge is 2.21. The third kappa shape index (κ3) is 6.51. The highest BCUT2D eigenvalue weighted by atomic mass is 16.3. The summed E-state index contributed by atoms with van der Waals surface area (Å²) in [7, 11) is 0. The first-order valence-electron chi connectivity index (χ1n) is 22.9. The number of rotatable bonds is 8. The second-order valence-electron chi connectivity index (χ2n) is 17.2. The summed E-state index contributed by atoms with van der Waals surface area (Å²) in [6.07, 6.45) is 0. The van der Waals surface area contributed by atoms with Crippen LogP contribution in [-0.2, 0) is 0 Å². The van der Waals surface area contributed by atoms with Gasteiger partial charge in [-0.05, 0) is 111 Å². The van der Waals surface area contributed by atoms with Crippen molar-refractivity contribution in [1.29, 1.82) is 0 Å². The van der Waals surface area contributed by atoms with E-state index in [1.807, 2.05) is 12.1 Å². The van der Waals surface area contributed by atoms with E-state index in [-0.39, 0.29) is 0 Å². The van der Waals surface area contributed by atoms with Gasteiger partial charge in [-0.25, -0.2) is 0 Å². The van der Waals surface area contributed by atoms with Crippen LogP contribution in [-0.4, -0.2) is 4.57 Å². The lowest BCUT2D eigenvalue weighted by molar-refractivity contribution is 0.670. The van der Waals surface area contributed by atoms with Gasteiger partial charge in [0.25, 0.3) is 0 Å². The Labute approximate surface area is 388 Å². The van der Waals surface area contributed by atoms with E-state index >= 15 is 0 Å². The molecule has 0 N–H and O–H groups in total. The standard InChI is InChI=1S/C64H42N2O/c1-3-16-44(17-4-1)51-25-13-18-46-19-14-27-56(63(46)51)53-22-7-10-29-59(53)65(50-39-34-45(35-40-50)52-26-15-28-57-55-24-9-12-31-62(55)67-64(52)57)49-37-32-43(33-38-49)47-36-41-61-58(42-47)54-23-8-11-30-60(54)66(61)48-20-5-2-6-21-48/h1-42H. The zero-order valence-electron chi connectivity index (χ0n) is 36.6. The van der Waals surface area contributed by atoms with Gasteiger partial charge < -0.3 is 13.9 Å². The van der Waals surface area contributed by atoms with Crippen molar-refractivity contribution in [2.45, 2.75) is 0 Å². The summed E-state index contributed by atoms with van der Waals surface area (Å²) < 4.78 is 8.87. The first-order chi connectivity index (χ1) is 33.2. The van der Waals surface area contributed by atoms with Gasteiger partial charge in [-0.1, -0.05) is 188 Å². The Morgan fingerprint density at radius 1 is 0.328 bits per heavy atom. The fourth-order valence-electron chi connectivity index (χ4n) is 10.3. The Balaban J connectivity index is 0.960. The minimum atomic E-state index is 0.899. The predicted molar refractivity (Wildman–Crippen MR) is 282 cm³/mol. The average molecular weight is 855 g/mol. The van der Waals surface area contributed by atoms with E-state index in [4.69, 9.17) is 4.42 Å². The molecule has 0 bridgehead atoms. The van der Waals surface area contributed by atoms with Crippen molar-refractivity contribution in [2.75, 3.05) is 4.90 Å². The molecule has 2 aromatic heterocycles. The first kappa shape index (κ1) is 38.5. The van der Waals surface area contributed by atoms with Gasteiger partial charge >= 0.3 is 0 Å². The van der Waals surface area contributed by atoms with Crippen LogP contribution in [0.4, 0.5) is 17.1 Å². The third-order valence-electron chi connectivity index (χ3n) is 13.4. The maximum atomic E-state index is 6.50. The number of hydrogen-bond donors (Lipinski definition) is 0. The van der Waals surface area contributed by atoms with Crippen LogP contribution in [0.15, 0.2) is 259 Å². The second-order valence-corrected chi connectivity index (χ2v) is 17.2. The molecule has 0 spiro atoms. The van der Waals surface area contributed by atoms with E-state index in [2.05, 4.69) is 252 Å². The quantitative estimate of drug-likeness (QED) is 0.152. The Bertz CT molecular complexity index is 3950. The van der Waals surface area contributed by atoms with Crippen molar-refractivity contribution in [3.05, 3.63) is 255 Å². The molecule has 0 aliphatic carbocycles. The van der Waals surface area contributed by atoms with Gasteiger partial charge in [0.05, 0.1) is 16.7 Å². The Kier molecular flexibility index (Phi) is 9.17. The summed E-state index contributed by atoms with van der Waals surface area (Å²) in [5, 5.41) is 7.17. The highest BCUT2D eigenvalue weighted by Crippen LogP contribution is 2.46. The lowest BCUT2D eigenvalue weighted by atomic mass is 9.90. The third-order valence-corrected chi connectivity index (χ3v) is 13.4. The van der Waals surface area contributed by atoms with Gasteiger partial charge in [0.2, 0.25) is 0 Å². The van der Waals surface area contributed by atoms with Crippen LogP contribution in [0.3, 0.4) is 0 Å². The zero-order chi connectivity index (χ0) is 44.3. The minimum absolute atomic E-state index is 0.899. The number of para-hydroxylation sites is 5. The minimum Gasteiger partial charge on any atom is -0.455 e. The van der Waals surface area contributed by atoms with E-state index in [9.17, 15) is 0 Å². The summed E-state index contributed by atoms with van der Waals surface area (Å²) in [5.74, 6) is 0. The molecule has 0 radical (unpaired) electrons. The molecule has 314 valence electrons. The van der Waals surface area contributed by atoms with Gasteiger partial charge in [-0.15, -0.1) is 0 Å². The molecule has 3 nitrogen and oxygen atoms in total. The molecule has 13 aromatic rings. The molecule has 0 amide bonds. The van der Waals surface area contributed by atoms with Crippen LogP contribution >= 0.6 is 0 Å². The van der Waals surface area contributed by atoms with E-state index < -0.39 is 0 Å². The summed E-state index contributed by atoms with van der Waals surface area (Å²) in [6.45, 7) is 0. The van der Waals surface area contributed by atoms with Crippen molar-refractivity contribution in [3.8, 4) is 50.2 Å².